The molecule has 11 nitrogen and oxygen atoms in total. The van der Waals surface area contributed by atoms with E-state index in [1.54, 1.807) is 18.2 Å². The normalized spacial score (nSPS) is 11.2. The lowest BCUT2D eigenvalue weighted by Crippen LogP contribution is -2.36. The van der Waals surface area contributed by atoms with Gasteiger partial charge in [0.25, 0.3) is 0 Å². The number of methoxy groups -OCH3 is 3. The molecule has 0 heterocycles. The number of aliphatic hydroxyl groups is 3. The first kappa shape index (κ1) is 30.0. The summed E-state index contributed by atoms with van der Waals surface area (Å²) < 4.78 is 41.3. The molecule has 2 rings (SSSR count). The molecule has 0 spiro atoms. The number of Topliss-reactive ketones (excluding diaryl/α,β-unsaturated/α-hetero) is 1. The Morgan fingerprint density at radius 2 is 1.62 bits per heavy atom. The maximum Gasteiger partial charge on any atom is 0.325 e. The van der Waals surface area contributed by atoms with E-state index in [1.165, 1.54) is 38.4 Å². The summed E-state index contributed by atoms with van der Waals surface area (Å²) in [4.78, 5) is 25.1. The van der Waals surface area contributed by atoms with Crippen LogP contribution in [-0.4, -0.2) is 82.3 Å². The van der Waals surface area contributed by atoms with Crippen molar-refractivity contribution < 1.29 is 47.5 Å². The Morgan fingerprint density at radius 3 is 2.19 bits per heavy atom. The molecular weight excluding hydrogens is 506 g/mol. The molecule has 0 atom stereocenters. The molecule has 0 saturated carbocycles. The summed E-state index contributed by atoms with van der Waals surface area (Å²) in [5.74, 6) is -0.937. The number of aliphatic hydroxyl groups excluding tert-OH is 3. The molecule has 12 heteroatoms. The van der Waals surface area contributed by atoms with Crippen molar-refractivity contribution >= 4 is 27.3 Å². The average molecular weight is 540 g/mol. The first-order valence-electron chi connectivity index (χ1n) is 11.3. The van der Waals surface area contributed by atoms with Crippen LogP contribution in [0, 0.1) is 0 Å². The van der Waals surface area contributed by atoms with Crippen molar-refractivity contribution in [2.24, 2.45) is 0 Å². The van der Waals surface area contributed by atoms with E-state index in [2.05, 4.69) is 4.74 Å². The largest absolute Gasteiger partial charge is 0.497 e. The van der Waals surface area contributed by atoms with Crippen molar-refractivity contribution in [2.45, 2.75) is 25.4 Å². The molecule has 0 aliphatic rings. The molecule has 0 unspecified atom stereocenters. The van der Waals surface area contributed by atoms with Crippen LogP contribution in [-0.2, 0) is 49.6 Å². The molecular formula is C25H33NO10S. The number of anilines is 1. The van der Waals surface area contributed by atoms with E-state index >= 15 is 0 Å². The van der Waals surface area contributed by atoms with Crippen molar-refractivity contribution in [3.8, 4) is 11.5 Å². The van der Waals surface area contributed by atoms with Crippen molar-refractivity contribution in [3.05, 3.63) is 52.6 Å². The lowest BCUT2D eigenvalue weighted by atomic mass is 10.0. The topological polar surface area (TPSA) is 160 Å². The molecule has 204 valence electrons. The molecule has 0 aliphatic heterocycles. The number of hydrogen-bond acceptors (Lipinski definition) is 11. The van der Waals surface area contributed by atoms with E-state index in [-0.39, 0.29) is 43.3 Å². The van der Waals surface area contributed by atoms with Gasteiger partial charge in [0.05, 0.1) is 52.6 Å². The Morgan fingerprint density at radius 1 is 0.919 bits per heavy atom. The summed E-state index contributed by atoms with van der Waals surface area (Å²) in [6.45, 7) is -2.17. The van der Waals surface area contributed by atoms with Crippen LogP contribution in [0.2, 0.25) is 0 Å². The van der Waals surface area contributed by atoms with E-state index in [4.69, 9.17) is 14.6 Å². The predicted molar refractivity (Wildman–Crippen MR) is 135 cm³/mol. The van der Waals surface area contributed by atoms with Gasteiger partial charge in [-0.05, 0) is 29.7 Å². The minimum Gasteiger partial charge on any atom is -0.497 e. The monoisotopic (exact) mass is 539 g/mol. The van der Waals surface area contributed by atoms with Crippen LogP contribution in [0.4, 0.5) is 5.69 Å². The summed E-state index contributed by atoms with van der Waals surface area (Å²) in [6, 6.07) is 7.79. The highest BCUT2D eigenvalue weighted by atomic mass is 32.2. The number of carbonyl (C=O) groups excluding carboxylic acids is 2. The highest BCUT2D eigenvalue weighted by molar-refractivity contribution is 7.90. The van der Waals surface area contributed by atoms with Gasteiger partial charge in [0.1, 0.15) is 24.7 Å². The van der Waals surface area contributed by atoms with Crippen LogP contribution in [0.1, 0.15) is 22.3 Å². The summed E-state index contributed by atoms with van der Waals surface area (Å²) in [5, 5.41) is 28.7. The fourth-order valence-electron chi connectivity index (χ4n) is 3.82. The van der Waals surface area contributed by atoms with Gasteiger partial charge in [-0.3, -0.25) is 9.59 Å². The number of benzene rings is 2. The third kappa shape index (κ3) is 8.42. The first-order chi connectivity index (χ1) is 17.6. The van der Waals surface area contributed by atoms with E-state index in [1.807, 2.05) is 0 Å². The van der Waals surface area contributed by atoms with Crippen LogP contribution < -0.4 is 14.4 Å². The Bertz CT molecular complexity index is 1150. The Kier molecular flexibility index (Phi) is 11.3. The molecule has 37 heavy (non-hydrogen) atoms. The van der Waals surface area contributed by atoms with E-state index in [9.17, 15) is 28.2 Å². The average Bonchev–Trinajstić information content (AvgIpc) is 2.90. The van der Waals surface area contributed by atoms with Gasteiger partial charge in [0, 0.05) is 22.9 Å². The smallest absolute Gasteiger partial charge is 0.325 e. The van der Waals surface area contributed by atoms with Crippen LogP contribution in [0.25, 0.3) is 0 Å². The zero-order valence-electron chi connectivity index (χ0n) is 21.1. The van der Waals surface area contributed by atoms with Gasteiger partial charge in [-0.25, -0.2) is 8.42 Å². The maximum atomic E-state index is 13.0. The van der Waals surface area contributed by atoms with Crippen LogP contribution in [0.3, 0.4) is 0 Å². The van der Waals surface area contributed by atoms with Gasteiger partial charge in [-0.15, -0.1) is 0 Å². The number of sulfone groups is 1. The third-order valence-corrected chi connectivity index (χ3v) is 7.30. The number of ether oxygens (including phenoxy) is 3. The number of carbonyl (C=O) groups is 2. The second kappa shape index (κ2) is 13.9. The Labute approximate surface area is 216 Å². The molecule has 2 aromatic rings. The number of nitrogens with zero attached hydrogens (tertiary/aromatic N) is 1. The number of rotatable bonds is 15. The van der Waals surface area contributed by atoms with E-state index < -0.39 is 34.8 Å². The maximum absolute atomic E-state index is 13.0. The molecule has 0 radical (unpaired) electrons. The van der Waals surface area contributed by atoms with E-state index in [0.717, 1.165) is 0 Å². The van der Waals surface area contributed by atoms with Crippen LogP contribution in [0.15, 0.2) is 30.3 Å². The summed E-state index contributed by atoms with van der Waals surface area (Å²) >= 11 is 0. The van der Waals surface area contributed by atoms with Crippen molar-refractivity contribution in [1.82, 2.24) is 0 Å². The van der Waals surface area contributed by atoms with Crippen molar-refractivity contribution in [2.75, 3.05) is 51.7 Å². The van der Waals surface area contributed by atoms with Gasteiger partial charge in [-0.1, -0.05) is 12.1 Å². The Hall–Kier alpha value is -3.19. The SMILES string of the molecule is COC(=O)CN(CC(=O)CO)c1cc(CS(=O)(=O)CCc2c(CO)cc(OC)cc2OC)ccc1CO. The first-order valence-corrected chi connectivity index (χ1v) is 13.1. The molecule has 2 aromatic carbocycles. The minimum atomic E-state index is -3.66. The third-order valence-electron chi connectivity index (χ3n) is 5.70. The lowest BCUT2D eigenvalue weighted by molar-refractivity contribution is -0.139. The minimum absolute atomic E-state index is 0.0897. The zero-order valence-corrected chi connectivity index (χ0v) is 21.9. The van der Waals surface area contributed by atoms with Gasteiger partial charge in [-0.2, -0.15) is 0 Å². The molecule has 0 aliphatic carbocycles. The highest BCUT2D eigenvalue weighted by Gasteiger charge is 2.21. The number of ketones is 1. The van der Waals surface area contributed by atoms with Gasteiger partial charge >= 0.3 is 5.97 Å². The lowest BCUT2D eigenvalue weighted by Gasteiger charge is -2.25. The highest BCUT2D eigenvalue weighted by Crippen LogP contribution is 2.30. The van der Waals surface area contributed by atoms with Crippen molar-refractivity contribution in [3.63, 3.8) is 0 Å². The Balaban J connectivity index is 2.32. The molecule has 0 aromatic heterocycles. The second-order valence-corrected chi connectivity index (χ2v) is 10.4. The van der Waals surface area contributed by atoms with Gasteiger partial charge in [0.2, 0.25) is 0 Å². The van der Waals surface area contributed by atoms with Crippen LogP contribution in [0.5, 0.6) is 11.5 Å². The second-order valence-electron chi connectivity index (χ2n) is 8.22. The van der Waals surface area contributed by atoms with Crippen LogP contribution >= 0.6 is 0 Å². The summed E-state index contributed by atoms with van der Waals surface area (Å²) in [5.41, 5.74) is 2.07. The van der Waals surface area contributed by atoms with E-state index in [0.29, 0.717) is 33.8 Å². The molecule has 3 N–H and O–H groups in total. The van der Waals surface area contributed by atoms with Gasteiger partial charge in [0.15, 0.2) is 15.6 Å². The molecule has 0 fully saturated rings. The predicted octanol–water partition coefficient (Wildman–Crippen LogP) is 0.387. The molecule has 0 saturated heterocycles. The fraction of sp³-hybridized carbons (Fsp3) is 0.440. The zero-order chi connectivity index (χ0) is 27.6. The molecule has 0 bridgehead atoms. The quantitative estimate of drug-likeness (QED) is 0.269. The van der Waals surface area contributed by atoms with Gasteiger partial charge < -0.3 is 34.4 Å². The summed E-state index contributed by atoms with van der Waals surface area (Å²) in [7, 11) is 0.440. The summed E-state index contributed by atoms with van der Waals surface area (Å²) in [6.07, 6.45) is 0.0897. The number of hydrogen-bond donors (Lipinski definition) is 3. The standard InChI is InChI=1S/C25H33NO10S/c1-34-21-9-19(14-28)22(24(10-21)35-2)6-7-37(32,33)16-17-4-5-18(13-27)23(8-17)26(11-20(30)15-29)12-25(31)36-3/h4-5,8-10,27-29H,6-7,11-16H2,1-3H3. The fourth-order valence-corrected chi connectivity index (χ4v) is 5.17. The number of esters is 1. The van der Waals surface area contributed by atoms with Crippen molar-refractivity contribution in [1.29, 1.82) is 0 Å². The molecule has 0 amide bonds.